The average Bonchev–Trinajstić information content (AvgIpc) is 3.50. The Morgan fingerprint density at radius 3 is 2.56 bits per heavy atom. The van der Waals surface area contributed by atoms with E-state index in [0.717, 1.165) is 24.8 Å². The van der Waals surface area contributed by atoms with Crippen LogP contribution in [-0.2, 0) is 0 Å². The van der Waals surface area contributed by atoms with Crippen molar-refractivity contribution in [1.29, 1.82) is 0 Å². The molecule has 0 amide bonds. The Hall–Kier alpha value is -3.60. The summed E-state index contributed by atoms with van der Waals surface area (Å²) in [7, 11) is 0. The molecule has 8 nitrogen and oxygen atoms in total. The van der Waals surface area contributed by atoms with Crippen LogP contribution in [0.25, 0.3) is 5.69 Å². The molecule has 12 heteroatoms. The molecule has 0 fully saturated rings. The first-order valence-corrected chi connectivity index (χ1v) is 11.9. The van der Waals surface area contributed by atoms with Crippen molar-refractivity contribution in [3.05, 3.63) is 72.3 Å². The molecule has 1 N–H and O–H groups in total. The molecule has 4 aromatic rings. The quantitative estimate of drug-likeness (QED) is 0.191. The Balaban J connectivity index is 1.50. The lowest BCUT2D eigenvalue weighted by molar-refractivity contribution is 0.0819. The zero-order valence-electron chi connectivity index (χ0n) is 19.5. The molecule has 2 aromatic carbocycles. The zero-order valence-corrected chi connectivity index (χ0v) is 20.2. The number of anilines is 2. The van der Waals surface area contributed by atoms with Crippen LogP contribution in [0.15, 0.2) is 55.1 Å². The van der Waals surface area contributed by atoms with Gasteiger partial charge in [0.15, 0.2) is 5.82 Å². The van der Waals surface area contributed by atoms with Gasteiger partial charge in [-0.2, -0.15) is 5.10 Å². The van der Waals surface area contributed by atoms with E-state index in [1.165, 1.54) is 17.1 Å². The zero-order chi connectivity index (χ0) is 25.5. The standard InChI is InChI=1S/C24H25ClF3N7O/c1-16-29-14-31-35(16)22-10-7-18(12-20(22)26)32-24-30-15-34(33-24)21(4-2-3-11-25)17-5-8-19(9-6-17)36-13-23(27)28/h5-10,12,14-15,21,23H,2-4,11,13H2,1H3,(H,32,33). The van der Waals surface area contributed by atoms with Gasteiger partial charge in [0.2, 0.25) is 5.95 Å². The topological polar surface area (TPSA) is 82.7 Å². The van der Waals surface area contributed by atoms with Gasteiger partial charge in [-0.3, -0.25) is 0 Å². The van der Waals surface area contributed by atoms with Gasteiger partial charge >= 0.3 is 0 Å². The summed E-state index contributed by atoms with van der Waals surface area (Å²) in [5.41, 5.74) is 1.68. The number of benzene rings is 2. The molecule has 190 valence electrons. The Morgan fingerprint density at radius 1 is 1.08 bits per heavy atom. The molecule has 2 aromatic heterocycles. The number of aromatic nitrogens is 6. The van der Waals surface area contributed by atoms with Gasteiger partial charge in [-0.25, -0.2) is 32.5 Å². The van der Waals surface area contributed by atoms with E-state index in [-0.39, 0.29) is 11.7 Å². The summed E-state index contributed by atoms with van der Waals surface area (Å²) in [6, 6.07) is 11.4. The van der Waals surface area contributed by atoms with Crippen molar-refractivity contribution in [2.24, 2.45) is 0 Å². The number of halogens is 4. The second-order valence-electron chi connectivity index (χ2n) is 8.03. The fraction of sp³-hybridized carbons (Fsp3) is 0.333. The molecule has 1 unspecified atom stereocenters. The van der Waals surface area contributed by atoms with Crippen molar-refractivity contribution >= 4 is 23.2 Å². The number of ether oxygens (including phenoxy) is 1. The first kappa shape index (κ1) is 25.5. The van der Waals surface area contributed by atoms with E-state index in [4.69, 9.17) is 16.3 Å². The molecule has 0 aliphatic carbocycles. The van der Waals surface area contributed by atoms with Gasteiger partial charge < -0.3 is 10.1 Å². The normalized spacial score (nSPS) is 12.2. The smallest absolute Gasteiger partial charge is 0.272 e. The lowest BCUT2D eigenvalue weighted by Gasteiger charge is -2.18. The number of alkyl halides is 3. The maximum absolute atomic E-state index is 14.7. The van der Waals surface area contributed by atoms with Crippen LogP contribution in [0.3, 0.4) is 0 Å². The number of nitrogens with one attached hydrogen (secondary N) is 1. The number of rotatable bonds is 12. The molecule has 0 spiro atoms. The Morgan fingerprint density at radius 2 is 1.89 bits per heavy atom. The van der Waals surface area contributed by atoms with Crippen LogP contribution in [-0.4, -0.2) is 48.4 Å². The largest absolute Gasteiger partial charge is 0.488 e. The SMILES string of the molecule is Cc1ncnn1-c1ccc(Nc2ncn(C(CCCCCl)c3ccc(OCC(F)F)cc3)n2)cc1F. The van der Waals surface area contributed by atoms with Gasteiger partial charge in [0, 0.05) is 11.6 Å². The minimum Gasteiger partial charge on any atom is -0.488 e. The minimum absolute atomic E-state index is 0.158. The second kappa shape index (κ2) is 11.9. The Kier molecular flexibility index (Phi) is 8.42. The second-order valence-corrected chi connectivity index (χ2v) is 8.41. The Bertz CT molecular complexity index is 1260. The van der Waals surface area contributed by atoms with E-state index in [9.17, 15) is 13.2 Å². The number of hydrogen-bond acceptors (Lipinski definition) is 6. The minimum atomic E-state index is -2.54. The maximum atomic E-state index is 14.7. The first-order valence-electron chi connectivity index (χ1n) is 11.4. The molecule has 0 saturated heterocycles. The highest BCUT2D eigenvalue weighted by Gasteiger charge is 2.17. The summed E-state index contributed by atoms with van der Waals surface area (Å²) in [6.45, 7) is 1.08. The van der Waals surface area contributed by atoms with Gasteiger partial charge in [-0.1, -0.05) is 12.1 Å². The van der Waals surface area contributed by atoms with Crippen LogP contribution < -0.4 is 10.1 Å². The van der Waals surface area contributed by atoms with E-state index in [1.807, 2.05) is 12.1 Å². The van der Waals surface area contributed by atoms with Crippen LogP contribution in [0.2, 0.25) is 0 Å². The summed E-state index contributed by atoms with van der Waals surface area (Å²) in [6.07, 6.45) is 2.86. The molecule has 4 rings (SSSR count). The first-order chi connectivity index (χ1) is 17.4. The number of nitrogens with zero attached hydrogens (tertiary/aromatic N) is 6. The van der Waals surface area contributed by atoms with Gasteiger partial charge in [0.05, 0.1) is 6.04 Å². The maximum Gasteiger partial charge on any atom is 0.272 e. The summed E-state index contributed by atoms with van der Waals surface area (Å²) in [5, 5.41) is 11.6. The number of hydrogen-bond donors (Lipinski definition) is 1. The van der Waals surface area contributed by atoms with Crippen molar-refractivity contribution in [3.8, 4) is 11.4 Å². The van der Waals surface area contributed by atoms with E-state index < -0.39 is 18.8 Å². The van der Waals surface area contributed by atoms with E-state index in [2.05, 4.69) is 25.5 Å². The molecule has 1 atom stereocenters. The third kappa shape index (κ3) is 6.34. The Labute approximate surface area is 211 Å². The van der Waals surface area contributed by atoms with Gasteiger partial charge in [0.25, 0.3) is 6.43 Å². The molecule has 0 aliphatic heterocycles. The predicted octanol–water partition coefficient (Wildman–Crippen LogP) is 5.69. The van der Waals surface area contributed by atoms with Crippen molar-refractivity contribution in [2.75, 3.05) is 17.8 Å². The molecular weight excluding hydrogens is 495 g/mol. The third-order valence-electron chi connectivity index (χ3n) is 5.48. The third-order valence-corrected chi connectivity index (χ3v) is 5.75. The number of unbranched alkanes of at least 4 members (excludes halogenated alkanes) is 1. The predicted molar refractivity (Wildman–Crippen MR) is 130 cm³/mol. The number of aryl methyl sites for hydroxylation is 1. The molecule has 2 heterocycles. The molecule has 0 bridgehead atoms. The van der Waals surface area contributed by atoms with Crippen LogP contribution in [0, 0.1) is 12.7 Å². The highest BCUT2D eigenvalue weighted by molar-refractivity contribution is 6.17. The van der Waals surface area contributed by atoms with Crippen molar-refractivity contribution in [3.63, 3.8) is 0 Å². The van der Waals surface area contributed by atoms with Gasteiger partial charge in [0.1, 0.15) is 36.5 Å². The van der Waals surface area contributed by atoms with Crippen LogP contribution in [0.5, 0.6) is 5.75 Å². The van der Waals surface area contributed by atoms with Crippen molar-refractivity contribution in [2.45, 2.75) is 38.7 Å². The fourth-order valence-electron chi connectivity index (χ4n) is 3.73. The highest BCUT2D eigenvalue weighted by atomic mass is 35.5. The van der Waals surface area contributed by atoms with Gasteiger partial charge in [-0.05, 0) is 62.1 Å². The lowest BCUT2D eigenvalue weighted by Crippen LogP contribution is -2.12. The molecule has 0 saturated carbocycles. The molecule has 0 aliphatic rings. The molecule has 36 heavy (non-hydrogen) atoms. The summed E-state index contributed by atoms with van der Waals surface area (Å²) >= 11 is 5.86. The summed E-state index contributed by atoms with van der Waals surface area (Å²) in [5.74, 6) is 1.32. The van der Waals surface area contributed by atoms with Crippen molar-refractivity contribution in [1.82, 2.24) is 29.5 Å². The molecular formula is C24H25ClF3N7O. The van der Waals surface area contributed by atoms with Crippen molar-refractivity contribution < 1.29 is 17.9 Å². The van der Waals surface area contributed by atoms with E-state index in [0.29, 0.717) is 29.1 Å². The average molecular weight is 520 g/mol. The monoisotopic (exact) mass is 519 g/mol. The highest BCUT2D eigenvalue weighted by Crippen LogP contribution is 2.27. The summed E-state index contributed by atoms with van der Waals surface area (Å²) < 4.78 is 47.8. The lowest BCUT2D eigenvalue weighted by atomic mass is 10.0. The van der Waals surface area contributed by atoms with Crippen LogP contribution in [0.1, 0.15) is 36.7 Å². The van der Waals surface area contributed by atoms with Gasteiger partial charge in [-0.15, -0.1) is 16.7 Å². The fourth-order valence-corrected chi connectivity index (χ4v) is 3.92. The van der Waals surface area contributed by atoms with E-state index >= 15 is 0 Å². The van der Waals surface area contributed by atoms with E-state index in [1.54, 1.807) is 42.2 Å². The van der Waals surface area contributed by atoms with Crippen LogP contribution >= 0.6 is 11.6 Å². The van der Waals surface area contributed by atoms with Crippen LogP contribution in [0.4, 0.5) is 24.8 Å². The molecule has 0 radical (unpaired) electrons. The summed E-state index contributed by atoms with van der Waals surface area (Å²) in [4.78, 5) is 8.34.